The van der Waals surface area contributed by atoms with Gasteiger partial charge >= 0.3 is 0 Å². The lowest BCUT2D eigenvalue weighted by Gasteiger charge is -2.21. The van der Waals surface area contributed by atoms with Gasteiger partial charge in [-0.2, -0.15) is 0 Å². The number of rotatable bonds is 3. The first kappa shape index (κ1) is 13.8. The quantitative estimate of drug-likeness (QED) is 0.931. The summed E-state index contributed by atoms with van der Waals surface area (Å²) in [5, 5.41) is 0.617. The maximum Gasteiger partial charge on any atom is 0.151 e. The summed E-state index contributed by atoms with van der Waals surface area (Å²) < 4.78 is 0. The van der Waals surface area contributed by atoms with Crippen LogP contribution in [0.4, 0.5) is 11.5 Å². The van der Waals surface area contributed by atoms with E-state index in [0.717, 1.165) is 17.1 Å². The topological polar surface area (TPSA) is 42.2 Å². The van der Waals surface area contributed by atoms with Crippen LogP contribution in [0.15, 0.2) is 30.5 Å². The average Bonchev–Trinajstić information content (AvgIpc) is 2.37. The van der Waals surface area contributed by atoms with E-state index < -0.39 is 0 Å². The number of anilines is 2. The zero-order chi connectivity index (χ0) is 14.0. The summed E-state index contributed by atoms with van der Waals surface area (Å²) in [5.74, 6) is 0.731. The van der Waals surface area contributed by atoms with E-state index in [9.17, 15) is 0 Å². The van der Waals surface area contributed by atoms with Gasteiger partial charge in [0.1, 0.15) is 0 Å². The van der Waals surface area contributed by atoms with Gasteiger partial charge < -0.3 is 10.6 Å². The van der Waals surface area contributed by atoms with E-state index in [-0.39, 0.29) is 0 Å². The second-order valence-electron chi connectivity index (χ2n) is 4.72. The monoisotopic (exact) mass is 275 g/mol. The molecule has 100 valence electrons. The Kier molecular flexibility index (Phi) is 4.08. The van der Waals surface area contributed by atoms with E-state index in [1.54, 1.807) is 6.20 Å². The molecule has 0 unspecified atom stereocenters. The predicted molar refractivity (Wildman–Crippen MR) is 81.1 cm³/mol. The average molecular weight is 276 g/mol. The summed E-state index contributed by atoms with van der Waals surface area (Å²) >= 11 is 6.35. The predicted octanol–water partition coefficient (Wildman–Crippen LogP) is 3.58. The second-order valence-corrected chi connectivity index (χ2v) is 5.09. The molecule has 2 aromatic rings. The summed E-state index contributed by atoms with van der Waals surface area (Å²) in [6.07, 6.45) is 1.74. The van der Waals surface area contributed by atoms with Crippen molar-refractivity contribution < 1.29 is 0 Å². The Hall–Kier alpha value is -1.58. The zero-order valence-electron chi connectivity index (χ0n) is 11.4. The molecule has 0 aliphatic heterocycles. The molecule has 1 aromatic heterocycles. The van der Waals surface area contributed by atoms with Crippen LogP contribution in [-0.2, 0) is 6.54 Å². The number of aryl methyl sites for hydroxylation is 2. The molecule has 0 aliphatic carbocycles. The van der Waals surface area contributed by atoms with Crippen molar-refractivity contribution in [1.82, 2.24) is 4.98 Å². The highest BCUT2D eigenvalue weighted by Crippen LogP contribution is 2.31. The van der Waals surface area contributed by atoms with Gasteiger partial charge in [0.05, 0.1) is 5.02 Å². The van der Waals surface area contributed by atoms with Crippen molar-refractivity contribution in [1.29, 1.82) is 0 Å². The van der Waals surface area contributed by atoms with Crippen molar-refractivity contribution in [3.05, 3.63) is 52.2 Å². The van der Waals surface area contributed by atoms with Crippen molar-refractivity contribution in [2.45, 2.75) is 20.4 Å². The Morgan fingerprint density at radius 1 is 1.21 bits per heavy atom. The molecule has 0 fully saturated rings. The van der Waals surface area contributed by atoms with Crippen LogP contribution in [0.2, 0.25) is 5.02 Å². The van der Waals surface area contributed by atoms with Gasteiger partial charge in [-0.1, -0.05) is 17.7 Å². The molecule has 0 radical (unpaired) electrons. The van der Waals surface area contributed by atoms with Gasteiger partial charge in [-0.15, -0.1) is 0 Å². The molecule has 0 atom stereocenters. The SMILES string of the molecule is Cc1cc(C)cc(N(C)c2nccc(CN)c2Cl)c1. The Morgan fingerprint density at radius 2 is 1.84 bits per heavy atom. The molecule has 0 saturated heterocycles. The van der Waals surface area contributed by atoms with Crippen LogP contribution in [-0.4, -0.2) is 12.0 Å². The lowest BCUT2D eigenvalue weighted by Crippen LogP contribution is -2.13. The van der Waals surface area contributed by atoms with Crippen LogP contribution in [0.5, 0.6) is 0 Å². The number of benzene rings is 1. The number of halogens is 1. The highest BCUT2D eigenvalue weighted by Gasteiger charge is 2.13. The first-order valence-electron chi connectivity index (χ1n) is 6.18. The summed E-state index contributed by atoms with van der Waals surface area (Å²) in [5.41, 5.74) is 10.1. The van der Waals surface area contributed by atoms with Gasteiger partial charge in [0, 0.05) is 25.5 Å². The van der Waals surface area contributed by atoms with Gasteiger partial charge in [-0.25, -0.2) is 4.98 Å². The maximum atomic E-state index is 6.35. The number of pyridine rings is 1. The number of nitrogens with two attached hydrogens (primary N) is 1. The summed E-state index contributed by atoms with van der Waals surface area (Å²) in [4.78, 5) is 6.35. The van der Waals surface area contributed by atoms with Gasteiger partial charge in [-0.3, -0.25) is 0 Å². The summed E-state index contributed by atoms with van der Waals surface area (Å²) in [7, 11) is 1.96. The van der Waals surface area contributed by atoms with Crippen molar-refractivity contribution >= 4 is 23.1 Å². The van der Waals surface area contributed by atoms with Crippen LogP contribution < -0.4 is 10.6 Å². The van der Waals surface area contributed by atoms with E-state index in [0.29, 0.717) is 11.6 Å². The third kappa shape index (κ3) is 2.88. The third-order valence-electron chi connectivity index (χ3n) is 3.08. The van der Waals surface area contributed by atoms with E-state index in [1.165, 1.54) is 11.1 Å². The Balaban J connectivity index is 2.46. The minimum atomic E-state index is 0.412. The molecule has 0 bridgehead atoms. The van der Waals surface area contributed by atoms with Crippen LogP contribution >= 0.6 is 11.6 Å². The molecule has 4 heteroatoms. The standard InChI is InChI=1S/C15H18ClN3/c1-10-6-11(2)8-13(7-10)19(3)15-14(16)12(9-17)4-5-18-15/h4-8H,9,17H2,1-3H3. The number of aromatic nitrogens is 1. The van der Waals surface area contributed by atoms with Gasteiger partial charge in [0.15, 0.2) is 5.82 Å². The van der Waals surface area contributed by atoms with Gasteiger partial charge in [0.25, 0.3) is 0 Å². The minimum Gasteiger partial charge on any atom is -0.328 e. The van der Waals surface area contributed by atoms with Crippen molar-refractivity contribution in [2.75, 3.05) is 11.9 Å². The molecule has 1 aromatic carbocycles. The number of nitrogens with zero attached hydrogens (tertiary/aromatic N) is 2. The van der Waals surface area contributed by atoms with E-state index in [4.69, 9.17) is 17.3 Å². The molecule has 1 heterocycles. The normalized spacial score (nSPS) is 10.6. The van der Waals surface area contributed by atoms with E-state index >= 15 is 0 Å². The fourth-order valence-corrected chi connectivity index (χ4v) is 2.45. The van der Waals surface area contributed by atoms with E-state index in [1.807, 2.05) is 18.0 Å². The molecule has 2 rings (SSSR count). The van der Waals surface area contributed by atoms with Gasteiger partial charge in [-0.05, 0) is 48.7 Å². The lowest BCUT2D eigenvalue weighted by atomic mass is 10.1. The first-order chi connectivity index (χ1) is 9.02. The van der Waals surface area contributed by atoms with Gasteiger partial charge in [0.2, 0.25) is 0 Å². The molecule has 2 N–H and O–H groups in total. The zero-order valence-corrected chi connectivity index (χ0v) is 12.2. The smallest absolute Gasteiger partial charge is 0.151 e. The van der Waals surface area contributed by atoms with Crippen LogP contribution in [0.25, 0.3) is 0 Å². The van der Waals surface area contributed by atoms with Crippen LogP contribution in [0.3, 0.4) is 0 Å². The fourth-order valence-electron chi connectivity index (χ4n) is 2.13. The molecule has 0 saturated carbocycles. The van der Waals surface area contributed by atoms with E-state index in [2.05, 4.69) is 37.0 Å². The highest BCUT2D eigenvalue weighted by molar-refractivity contribution is 6.33. The van der Waals surface area contributed by atoms with Crippen molar-refractivity contribution in [3.8, 4) is 0 Å². The van der Waals surface area contributed by atoms with Crippen LogP contribution in [0.1, 0.15) is 16.7 Å². The van der Waals surface area contributed by atoms with Crippen LogP contribution in [0, 0.1) is 13.8 Å². The summed E-state index contributed by atoms with van der Waals surface area (Å²) in [6.45, 7) is 4.57. The Bertz CT molecular complexity index is 576. The third-order valence-corrected chi connectivity index (χ3v) is 3.49. The minimum absolute atomic E-state index is 0.412. The Labute approximate surface area is 119 Å². The highest BCUT2D eigenvalue weighted by atomic mass is 35.5. The molecular weight excluding hydrogens is 258 g/mol. The molecule has 0 aliphatic rings. The molecular formula is C15H18ClN3. The number of hydrogen-bond acceptors (Lipinski definition) is 3. The summed E-state index contributed by atoms with van der Waals surface area (Å²) in [6, 6.07) is 8.21. The Morgan fingerprint density at radius 3 is 2.42 bits per heavy atom. The maximum absolute atomic E-state index is 6.35. The second kappa shape index (κ2) is 5.59. The molecule has 0 spiro atoms. The fraction of sp³-hybridized carbons (Fsp3) is 0.267. The molecule has 0 amide bonds. The largest absolute Gasteiger partial charge is 0.328 e. The molecule has 19 heavy (non-hydrogen) atoms. The first-order valence-corrected chi connectivity index (χ1v) is 6.56. The van der Waals surface area contributed by atoms with Crippen molar-refractivity contribution in [3.63, 3.8) is 0 Å². The number of hydrogen-bond donors (Lipinski definition) is 1. The van der Waals surface area contributed by atoms with Crippen molar-refractivity contribution in [2.24, 2.45) is 5.73 Å². The lowest BCUT2D eigenvalue weighted by molar-refractivity contribution is 1.04. The molecule has 3 nitrogen and oxygen atoms in total.